The molecule has 3 rings (SSSR count). The van der Waals surface area contributed by atoms with Crippen LogP contribution >= 0.6 is 0 Å². The molecule has 0 saturated carbocycles. The first-order valence-electron chi connectivity index (χ1n) is 10.4. The number of benzene rings is 3. The molecule has 0 aromatic heterocycles. The minimum Gasteiger partial charge on any atom is -0.493 e. The number of hydrogen-bond donors (Lipinski definition) is 1. The Hall–Kier alpha value is -3.80. The number of ether oxygens (including phenoxy) is 3. The summed E-state index contributed by atoms with van der Waals surface area (Å²) in [4.78, 5) is 12.0. The van der Waals surface area contributed by atoms with Gasteiger partial charge in [0.05, 0.1) is 13.3 Å². The number of rotatable bonds is 10. The van der Waals surface area contributed by atoms with Crippen LogP contribution in [0, 0.1) is 0 Å². The summed E-state index contributed by atoms with van der Waals surface area (Å²) in [5.41, 5.74) is 5.46. The highest BCUT2D eigenvalue weighted by Crippen LogP contribution is 2.28. The molecule has 0 atom stereocenters. The number of hydrogen-bond acceptors (Lipinski definition) is 5. The predicted octanol–water partition coefficient (Wildman–Crippen LogP) is 4.93. The van der Waals surface area contributed by atoms with Crippen LogP contribution in [0.15, 0.2) is 77.9 Å². The van der Waals surface area contributed by atoms with E-state index in [1.165, 1.54) is 0 Å². The lowest BCUT2D eigenvalue weighted by molar-refractivity contribution is -0.123. The molecule has 0 heterocycles. The van der Waals surface area contributed by atoms with Crippen molar-refractivity contribution in [2.45, 2.75) is 26.4 Å². The Balaban J connectivity index is 1.51. The van der Waals surface area contributed by atoms with Crippen LogP contribution in [-0.2, 0) is 11.4 Å². The standard InChI is InChI=1S/C26H28N2O4/c1-19(2)22-10-7-11-23(15-22)31-18-26(29)28-27-16-21-12-13-24(25(14-21)30-3)32-17-20-8-5-4-6-9-20/h4-16,19H,17-18H2,1-3H3,(H,28,29)/b27-16+. The van der Waals surface area contributed by atoms with Crippen LogP contribution in [-0.4, -0.2) is 25.8 Å². The van der Waals surface area contributed by atoms with Crippen molar-refractivity contribution in [1.82, 2.24) is 5.43 Å². The molecule has 0 saturated heterocycles. The monoisotopic (exact) mass is 432 g/mol. The predicted molar refractivity (Wildman–Crippen MR) is 126 cm³/mol. The second-order valence-corrected chi connectivity index (χ2v) is 7.49. The van der Waals surface area contributed by atoms with Gasteiger partial charge in [0.15, 0.2) is 18.1 Å². The molecular formula is C26H28N2O4. The summed E-state index contributed by atoms with van der Waals surface area (Å²) in [6, 6.07) is 23.1. The average Bonchev–Trinajstić information content (AvgIpc) is 2.82. The molecular weight excluding hydrogens is 404 g/mol. The molecule has 3 aromatic rings. The normalized spacial score (nSPS) is 10.9. The number of carbonyl (C=O) groups is 1. The summed E-state index contributed by atoms with van der Waals surface area (Å²) in [6.45, 7) is 4.55. The largest absolute Gasteiger partial charge is 0.493 e. The third kappa shape index (κ3) is 6.87. The molecule has 0 aliphatic rings. The first-order chi connectivity index (χ1) is 15.5. The highest BCUT2D eigenvalue weighted by atomic mass is 16.5. The molecule has 0 fully saturated rings. The van der Waals surface area contributed by atoms with E-state index in [4.69, 9.17) is 14.2 Å². The van der Waals surface area contributed by atoms with E-state index < -0.39 is 0 Å². The third-order valence-electron chi connectivity index (χ3n) is 4.72. The fourth-order valence-corrected chi connectivity index (χ4v) is 2.94. The molecule has 3 aromatic carbocycles. The topological polar surface area (TPSA) is 69.2 Å². The molecule has 0 unspecified atom stereocenters. The van der Waals surface area contributed by atoms with Gasteiger partial charge in [0.25, 0.3) is 5.91 Å². The Kier molecular flexibility index (Phi) is 8.26. The van der Waals surface area contributed by atoms with Gasteiger partial charge < -0.3 is 14.2 Å². The maximum absolute atomic E-state index is 12.0. The first-order valence-corrected chi connectivity index (χ1v) is 10.4. The van der Waals surface area contributed by atoms with Crippen LogP contribution in [0.1, 0.15) is 36.5 Å². The number of nitrogens with one attached hydrogen (secondary N) is 1. The molecule has 0 aliphatic heterocycles. The van der Waals surface area contributed by atoms with E-state index in [0.717, 1.165) is 16.7 Å². The van der Waals surface area contributed by atoms with Gasteiger partial charge in [-0.25, -0.2) is 5.43 Å². The van der Waals surface area contributed by atoms with Crippen molar-refractivity contribution in [3.05, 3.63) is 89.5 Å². The Labute approximate surface area is 188 Å². The van der Waals surface area contributed by atoms with E-state index in [-0.39, 0.29) is 12.5 Å². The van der Waals surface area contributed by atoms with E-state index >= 15 is 0 Å². The Bertz CT molecular complexity index is 1050. The smallest absolute Gasteiger partial charge is 0.277 e. The lowest BCUT2D eigenvalue weighted by atomic mass is 10.0. The van der Waals surface area contributed by atoms with Gasteiger partial charge in [-0.1, -0.05) is 56.3 Å². The van der Waals surface area contributed by atoms with E-state index in [2.05, 4.69) is 24.4 Å². The summed E-state index contributed by atoms with van der Waals surface area (Å²) in [6.07, 6.45) is 1.54. The van der Waals surface area contributed by atoms with Gasteiger partial charge in [-0.2, -0.15) is 5.10 Å². The minimum absolute atomic E-state index is 0.117. The van der Waals surface area contributed by atoms with Crippen molar-refractivity contribution < 1.29 is 19.0 Å². The molecule has 1 amide bonds. The SMILES string of the molecule is COc1cc(/C=N/NC(=O)COc2cccc(C(C)C)c2)ccc1OCc1ccccc1. The Morgan fingerprint density at radius 3 is 2.53 bits per heavy atom. The number of amides is 1. The number of carbonyl (C=O) groups excluding carboxylic acids is 1. The quantitative estimate of drug-likeness (QED) is 0.364. The van der Waals surface area contributed by atoms with Gasteiger partial charge in [-0.15, -0.1) is 0 Å². The molecule has 0 bridgehead atoms. The maximum atomic E-state index is 12.0. The Morgan fingerprint density at radius 1 is 0.969 bits per heavy atom. The van der Waals surface area contributed by atoms with Crippen molar-refractivity contribution in [2.24, 2.45) is 5.10 Å². The molecule has 6 nitrogen and oxygen atoms in total. The zero-order valence-corrected chi connectivity index (χ0v) is 18.6. The first kappa shape index (κ1) is 22.9. The van der Waals surface area contributed by atoms with Crippen molar-refractivity contribution in [1.29, 1.82) is 0 Å². The van der Waals surface area contributed by atoms with Crippen LogP contribution in [0.4, 0.5) is 0 Å². The maximum Gasteiger partial charge on any atom is 0.277 e. The van der Waals surface area contributed by atoms with Gasteiger partial charge in [-0.3, -0.25) is 4.79 Å². The van der Waals surface area contributed by atoms with Gasteiger partial charge in [0, 0.05) is 0 Å². The minimum atomic E-state index is -0.342. The number of hydrazone groups is 1. The van der Waals surface area contributed by atoms with Crippen molar-refractivity contribution >= 4 is 12.1 Å². The van der Waals surface area contributed by atoms with Crippen LogP contribution in [0.5, 0.6) is 17.2 Å². The highest BCUT2D eigenvalue weighted by Gasteiger charge is 2.07. The van der Waals surface area contributed by atoms with E-state index in [9.17, 15) is 4.79 Å². The second-order valence-electron chi connectivity index (χ2n) is 7.49. The highest BCUT2D eigenvalue weighted by molar-refractivity contribution is 5.83. The summed E-state index contributed by atoms with van der Waals surface area (Å²) in [7, 11) is 1.58. The second kappa shape index (κ2) is 11.6. The van der Waals surface area contributed by atoms with Crippen LogP contribution < -0.4 is 19.6 Å². The zero-order chi connectivity index (χ0) is 22.8. The Morgan fingerprint density at radius 2 is 1.78 bits per heavy atom. The lowest BCUT2D eigenvalue weighted by Gasteiger charge is -2.11. The van der Waals surface area contributed by atoms with Crippen molar-refractivity contribution in [3.8, 4) is 17.2 Å². The van der Waals surface area contributed by atoms with Crippen LogP contribution in [0.3, 0.4) is 0 Å². The van der Waals surface area contributed by atoms with E-state index in [1.54, 1.807) is 19.4 Å². The fraction of sp³-hybridized carbons (Fsp3) is 0.231. The number of nitrogens with zero attached hydrogens (tertiary/aromatic N) is 1. The number of methoxy groups -OCH3 is 1. The summed E-state index contributed by atoms with van der Waals surface area (Å²) in [5.74, 6) is 1.93. The average molecular weight is 433 g/mol. The van der Waals surface area contributed by atoms with Gasteiger partial charge in [0.1, 0.15) is 12.4 Å². The van der Waals surface area contributed by atoms with Gasteiger partial charge in [-0.05, 0) is 52.9 Å². The molecule has 0 spiro atoms. The van der Waals surface area contributed by atoms with Crippen LogP contribution in [0.2, 0.25) is 0 Å². The van der Waals surface area contributed by atoms with Crippen molar-refractivity contribution in [2.75, 3.05) is 13.7 Å². The molecule has 6 heteroatoms. The van der Waals surface area contributed by atoms with E-state index in [1.807, 2.05) is 66.7 Å². The summed E-state index contributed by atoms with van der Waals surface area (Å²) >= 11 is 0. The summed E-state index contributed by atoms with van der Waals surface area (Å²) in [5, 5.41) is 4.00. The fourth-order valence-electron chi connectivity index (χ4n) is 2.94. The lowest BCUT2D eigenvalue weighted by Crippen LogP contribution is -2.24. The summed E-state index contributed by atoms with van der Waals surface area (Å²) < 4.78 is 16.8. The van der Waals surface area contributed by atoms with Gasteiger partial charge >= 0.3 is 0 Å². The molecule has 32 heavy (non-hydrogen) atoms. The van der Waals surface area contributed by atoms with Gasteiger partial charge in [0.2, 0.25) is 0 Å². The van der Waals surface area contributed by atoms with Crippen molar-refractivity contribution in [3.63, 3.8) is 0 Å². The molecule has 0 radical (unpaired) electrons. The molecule has 0 aliphatic carbocycles. The van der Waals surface area contributed by atoms with E-state index in [0.29, 0.717) is 29.8 Å². The van der Waals surface area contributed by atoms with Crippen LogP contribution in [0.25, 0.3) is 0 Å². The third-order valence-corrected chi connectivity index (χ3v) is 4.72. The zero-order valence-electron chi connectivity index (χ0n) is 18.6. The molecule has 166 valence electrons. The molecule has 1 N–H and O–H groups in total.